The minimum atomic E-state index is -0.906. The number of morpholine rings is 1. The van der Waals surface area contributed by atoms with Crippen molar-refractivity contribution in [1.82, 2.24) is 4.90 Å². The van der Waals surface area contributed by atoms with Crippen molar-refractivity contribution in [3.05, 3.63) is 47.2 Å². The Bertz CT molecular complexity index is 781. The molecule has 0 aromatic heterocycles. The topological polar surface area (TPSA) is 150 Å². The average molecular weight is 434 g/mol. The Morgan fingerprint density at radius 1 is 1.16 bits per heavy atom. The van der Waals surface area contributed by atoms with Crippen LogP contribution in [-0.2, 0) is 28.5 Å². The molecule has 1 heterocycles. The first-order chi connectivity index (χ1) is 15.0. The standard InChI is InChI=1S/C21H30N4O6/c1-2-17-13-25(18(26)14-30-12-11-29-10-9-28-8-7-22)19(21(27)31-17)15-3-5-16(6-4-15)20(23)24/h2-6,19H,7-14,22H2,1H3,(H3,23,24). The third kappa shape index (κ3) is 7.44. The molecule has 0 saturated carbocycles. The number of nitrogen functional groups attached to an aromatic ring is 1. The Morgan fingerprint density at radius 2 is 1.77 bits per heavy atom. The Kier molecular flexibility index (Phi) is 10.1. The molecule has 5 N–H and O–H groups in total. The number of cyclic esters (lactones) is 1. The number of esters is 1. The molecule has 1 saturated heterocycles. The van der Waals surface area contributed by atoms with Crippen LogP contribution in [0.1, 0.15) is 24.1 Å². The summed E-state index contributed by atoms with van der Waals surface area (Å²) in [6.07, 6.45) is 1.65. The quantitative estimate of drug-likeness (QED) is 0.184. The molecule has 1 aliphatic rings. The van der Waals surface area contributed by atoms with E-state index in [1.165, 1.54) is 4.90 Å². The van der Waals surface area contributed by atoms with Crippen molar-refractivity contribution in [2.45, 2.75) is 13.0 Å². The van der Waals surface area contributed by atoms with E-state index in [0.717, 1.165) is 0 Å². The zero-order valence-electron chi connectivity index (χ0n) is 17.7. The summed E-state index contributed by atoms with van der Waals surface area (Å²) in [5, 5.41) is 7.49. The fourth-order valence-corrected chi connectivity index (χ4v) is 2.91. The molecule has 1 unspecified atom stereocenters. The molecule has 170 valence electrons. The Morgan fingerprint density at radius 3 is 2.35 bits per heavy atom. The van der Waals surface area contributed by atoms with Gasteiger partial charge in [-0.25, -0.2) is 4.79 Å². The van der Waals surface area contributed by atoms with E-state index in [1.54, 1.807) is 37.3 Å². The smallest absolute Gasteiger partial charge is 0.338 e. The maximum Gasteiger partial charge on any atom is 0.338 e. The molecule has 0 spiro atoms. The Labute approximate surface area is 181 Å². The summed E-state index contributed by atoms with van der Waals surface area (Å²) in [5.41, 5.74) is 11.9. The van der Waals surface area contributed by atoms with Gasteiger partial charge in [0.25, 0.3) is 0 Å². The van der Waals surface area contributed by atoms with Crippen LogP contribution in [-0.4, -0.2) is 75.3 Å². The lowest BCUT2D eigenvalue weighted by molar-refractivity contribution is -0.160. The molecule has 2 rings (SSSR count). The van der Waals surface area contributed by atoms with Crippen LogP contribution in [0.25, 0.3) is 0 Å². The summed E-state index contributed by atoms with van der Waals surface area (Å²) >= 11 is 0. The Hall–Kier alpha value is -2.79. The van der Waals surface area contributed by atoms with Crippen molar-refractivity contribution in [1.29, 1.82) is 5.41 Å². The number of hydrogen-bond donors (Lipinski definition) is 3. The van der Waals surface area contributed by atoms with Crippen molar-refractivity contribution in [2.75, 3.05) is 52.7 Å². The highest BCUT2D eigenvalue weighted by Crippen LogP contribution is 2.29. The molecule has 0 aliphatic carbocycles. The predicted octanol–water partition coefficient (Wildman–Crippen LogP) is 0.309. The molecular formula is C21H30N4O6. The highest BCUT2D eigenvalue weighted by Gasteiger charge is 2.38. The van der Waals surface area contributed by atoms with E-state index in [0.29, 0.717) is 49.9 Å². The van der Waals surface area contributed by atoms with E-state index >= 15 is 0 Å². The van der Waals surface area contributed by atoms with Gasteiger partial charge < -0.3 is 35.3 Å². The molecule has 10 nitrogen and oxygen atoms in total. The normalized spacial score (nSPS) is 17.6. The minimum Gasteiger partial charge on any atom is -0.428 e. The summed E-state index contributed by atoms with van der Waals surface area (Å²) in [6, 6.07) is 5.67. The number of ether oxygens (including phenoxy) is 4. The number of rotatable bonds is 12. The van der Waals surface area contributed by atoms with E-state index in [1.807, 2.05) is 0 Å². The number of carbonyl (C=O) groups excluding carboxylic acids is 2. The lowest BCUT2D eigenvalue weighted by atomic mass is 10.0. The van der Waals surface area contributed by atoms with Gasteiger partial charge in [-0.2, -0.15) is 0 Å². The monoisotopic (exact) mass is 434 g/mol. The van der Waals surface area contributed by atoms with E-state index in [4.69, 9.17) is 35.8 Å². The number of allylic oxidation sites excluding steroid dienone is 1. The second-order valence-corrected chi connectivity index (χ2v) is 6.70. The summed E-state index contributed by atoms with van der Waals surface area (Å²) in [7, 11) is 0. The fraction of sp³-hybridized carbons (Fsp3) is 0.476. The number of amidine groups is 1. The van der Waals surface area contributed by atoms with Crippen molar-refractivity contribution in [2.24, 2.45) is 11.5 Å². The summed E-state index contributed by atoms with van der Waals surface area (Å²) in [5.74, 6) is -0.578. The Balaban J connectivity index is 1.93. The van der Waals surface area contributed by atoms with Gasteiger partial charge in [0.15, 0.2) is 6.04 Å². The highest BCUT2D eigenvalue weighted by molar-refractivity contribution is 5.95. The van der Waals surface area contributed by atoms with Gasteiger partial charge in [0.1, 0.15) is 18.2 Å². The zero-order valence-corrected chi connectivity index (χ0v) is 17.7. The predicted molar refractivity (Wildman–Crippen MR) is 113 cm³/mol. The van der Waals surface area contributed by atoms with Crippen LogP contribution < -0.4 is 11.5 Å². The van der Waals surface area contributed by atoms with Gasteiger partial charge >= 0.3 is 5.97 Å². The first-order valence-corrected chi connectivity index (χ1v) is 10.0. The minimum absolute atomic E-state index is 0.0801. The van der Waals surface area contributed by atoms with E-state index < -0.39 is 12.0 Å². The molecule has 1 amide bonds. The van der Waals surface area contributed by atoms with Crippen LogP contribution in [0, 0.1) is 5.41 Å². The molecule has 10 heteroatoms. The van der Waals surface area contributed by atoms with Crippen LogP contribution in [0.3, 0.4) is 0 Å². The SMILES string of the molecule is CC=C1CN(C(=O)COCCOCCOCCN)C(c2ccc(C(=N)N)cc2)C(=O)O1. The fourth-order valence-electron chi connectivity index (χ4n) is 2.91. The number of nitrogens with zero attached hydrogens (tertiary/aromatic N) is 1. The third-order valence-electron chi connectivity index (χ3n) is 4.50. The second-order valence-electron chi connectivity index (χ2n) is 6.70. The van der Waals surface area contributed by atoms with Crippen molar-refractivity contribution in [3.63, 3.8) is 0 Å². The maximum atomic E-state index is 12.8. The number of nitrogens with one attached hydrogen (secondary N) is 1. The molecule has 31 heavy (non-hydrogen) atoms. The molecular weight excluding hydrogens is 404 g/mol. The van der Waals surface area contributed by atoms with Crippen LogP contribution >= 0.6 is 0 Å². The maximum absolute atomic E-state index is 12.8. The third-order valence-corrected chi connectivity index (χ3v) is 4.50. The molecule has 1 fully saturated rings. The number of carbonyl (C=O) groups is 2. The van der Waals surface area contributed by atoms with Gasteiger partial charge in [-0.1, -0.05) is 24.3 Å². The van der Waals surface area contributed by atoms with Crippen LogP contribution in [0.2, 0.25) is 0 Å². The van der Waals surface area contributed by atoms with E-state index in [9.17, 15) is 9.59 Å². The van der Waals surface area contributed by atoms with E-state index in [2.05, 4.69) is 0 Å². The number of benzene rings is 1. The van der Waals surface area contributed by atoms with Crippen LogP contribution in [0.5, 0.6) is 0 Å². The number of hydrogen-bond acceptors (Lipinski definition) is 8. The molecule has 1 atom stereocenters. The molecule has 1 aromatic rings. The first-order valence-electron chi connectivity index (χ1n) is 10.0. The summed E-state index contributed by atoms with van der Waals surface area (Å²) in [6.45, 7) is 4.05. The molecule has 1 aromatic carbocycles. The largest absolute Gasteiger partial charge is 0.428 e. The van der Waals surface area contributed by atoms with Gasteiger partial charge in [0.2, 0.25) is 5.91 Å². The van der Waals surface area contributed by atoms with Crippen LogP contribution in [0.4, 0.5) is 0 Å². The van der Waals surface area contributed by atoms with Crippen LogP contribution in [0.15, 0.2) is 36.1 Å². The zero-order chi connectivity index (χ0) is 22.6. The van der Waals surface area contributed by atoms with Gasteiger partial charge in [-0.15, -0.1) is 0 Å². The van der Waals surface area contributed by atoms with Crippen molar-refractivity contribution >= 4 is 17.7 Å². The van der Waals surface area contributed by atoms with Crippen molar-refractivity contribution in [3.8, 4) is 0 Å². The second kappa shape index (κ2) is 12.8. The van der Waals surface area contributed by atoms with Gasteiger partial charge in [0, 0.05) is 12.1 Å². The lowest BCUT2D eigenvalue weighted by Gasteiger charge is -2.35. The van der Waals surface area contributed by atoms with Gasteiger partial charge in [0.05, 0.1) is 39.6 Å². The molecule has 1 aliphatic heterocycles. The lowest BCUT2D eigenvalue weighted by Crippen LogP contribution is -2.46. The number of amides is 1. The summed E-state index contributed by atoms with van der Waals surface area (Å²) in [4.78, 5) is 26.8. The van der Waals surface area contributed by atoms with Gasteiger partial charge in [-0.3, -0.25) is 10.2 Å². The van der Waals surface area contributed by atoms with Crippen molar-refractivity contribution < 1.29 is 28.5 Å². The van der Waals surface area contributed by atoms with E-state index in [-0.39, 0.29) is 31.5 Å². The first kappa shape index (κ1) is 24.5. The van der Waals surface area contributed by atoms with Gasteiger partial charge in [-0.05, 0) is 18.6 Å². The molecule has 0 bridgehead atoms. The summed E-state index contributed by atoms with van der Waals surface area (Å²) < 4.78 is 21.3. The molecule has 0 radical (unpaired) electrons. The average Bonchev–Trinajstić information content (AvgIpc) is 2.77. The highest BCUT2D eigenvalue weighted by atomic mass is 16.6. The number of nitrogens with two attached hydrogens (primary N) is 2.